The van der Waals surface area contributed by atoms with Crippen LogP contribution in [-0.2, 0) is 4.74 Å². The first-order valence-electron chi connectivity index (χ1n) is 9.40. The fourth-order valence-corrected chi connectivity index (χ4v) is 3.06. The number of ether oxygens (including phenoxy) is 2. The molecule has 1 unspecified atom stereocenters. The molecule has 0 radical (unpaired) electrons. The van der Waals surface area contributed by atoms with Crippen LogP contribution in [0.3, 0.4) is 0 Å². The van der Waals surface area contributed by atoms with Crippen molar-refractivity contribution in [2.45, 2.75) is 26.9 Å². The number of aromatic nitrogens is 1. The lowest BCUT2D eigenvalue weighted by Gasteiger charge is -2.14. The molecular formula is C23H23ClN2O3. The van der Waals surface area contributed by atoms with Gasteiger partial charge in [0.05, 0.1) is 23.1 Å². The van der Waals surface area contributed by atoms with Gasteiger partial charge in [0.2, 0.25) is 0 Å². The van der Waals surface area contributed by atoms with E-state index in [1.807, 2.05) is 51.1 Å². The van der Waals surface area contributed by atoms with E-state index in [-0.39, 0.29) is 12.0 Å². The van der Waals surface area contributed by atoms with Crippen LogP contribution in [0.5, 0.6) is 11.5 Å². The molecule has 1 amide bonds. The Labute approximate surface area is 175 Å². The zero-order valence-electron chi connectivity index (χ0n) is 16.6. The number of pyridine rings is 1. The van der Waals surface area contributed by atoms with E-state index in [1.54, 1.807) is 30.3 Å². The van der Waals surface area contributed by atoms with Gasteiger partial charge in [-0.3, -0.25) is 9.78 Å². The van der Waals surface area contributed by atoms with Crippen LogP contribution in [0.1, 0.15) is 41.7 Å². The number of nitrogens with zero attached hydrogens (tertiary/aromatic N) is 1. The zero-order chi connectivity index (χ0) is 20.8. The molecule has 5 nitrogen and oxygen atoms in total. The average molecular weight is 411 g/mol. The fourth-order valence-electron chi connectivity index (χ4n) is 2.88. The van der Waals surface area contributed by atoms with Crippen molar-refractivity contribution < 1.29 is 14.3 Å². The van der Waals surface area contributed by atoms with E-state index in [1.165, 1.54) is 0 Å². The molecule has 0 fully saturated rings. The first-order valence-corrected chi connectivity index (χ1v) is 9.78. The summed E-state index contributed by atoms with van der Waals surface area (Å²) in [7, 11) is 0. The van der Waals surface area contributed by atoms with Crippen LogP contribution in [0.25, 0.3) is 0 Å². The van der Waals surface area contributed by atoms with Crippen LogP contribution < -0.4 is 10.1 Å². The van der Waals surface area contributed by atoms with Crippen LogP contribution in [-0.4, -0.2) is 17.5 Å². The molecule has 1 heterocycles. The monoisotopic (exact) mass is 410 g/mol. The highest BCUT2D eigenvalue weighted by molar-refractivity contribution is 6.30. The molecule has 2 aromatic carbocycles. The summed E-state index contributed by atoms with van der Waals surface area (Å²) in [4.78, 5) is 17.2. The number of anilines is 1. The van der Waals surface area contributed by atoms with Gasteiger partial charge in [-0.15, -0.1) is 0 Å². The summed E-state index contributed by atoms with van der Waals surface area (Å²) >= 11 is 5.99. The predicted molar refractivity (Wildman–Crippen MR) is 115 cm³/mol. The second-order valence-corrected chi connectivity index (χ2v) is 6.94. The van der Waals surface area contributed by atoms with Crippen LogP contribution in [0, 0.1) is 6.92 Å². The maximum Gasteiger partial charge on any atom is 0.257 e. The van der Waals surface area contributed by atoms with Crippen molar-refractivity contribution in [3.8, 4) is 11.5 Å². The molecule has 1 aromatic heterocycles. The van der Waals surface area contributed by atoms with E-state index in [0.29, 0.717) is 40.1 Å². The van der Waals surface area contributed by atoms with E-state index in [9.17, 15) is 4.79 Å². The summed E-state index contributed by atoms with van der Waals surface area (Å²) < 4.78 is 11.4. The molecular weight excluding hydrogens is 388 g/mol. The minimum atomic E-state index is -0.231. The summed E-state index contributed by atoms with van der Waals surface area (Å²) in [5.74, 6) is 0.992. The molecule has 0 aliphatic rings. The second kappa shape index (κ2) is 9.54. The Morgan fingerprint density at radius 3 is 2.52 bits per heavy atom. The van der Waals surface area contributed by atoms with Crippen molar-refractivity contribution in [1.29, 1.82) is 0 Å². The number of rotatable bonds is 7. The minimum Gasteiger partial charge on any atom is -0.457 e. The van der Waals surface area contributed by atoms with Gasteiger partial charge in [-0.1, -0.05) is 23.7 Å². The van der Waals surface area contributed by atoms with E-state index in [2.05, 4.69) is 10.3 Å². The lowest BCUT2D eigenvalue weighted by atomic mass is 10.1. The Morgan fingerprint density at radius 1 is 1.10 bits per heavy atom. The maximum absolute atomic E-state index is 12.7. The van der Waals surface area contributed by atoms with Gasteiger partial charge in [-0.25, -0.2) is 0 Å². The number of aryl methyl sites for hydroxylation is 1. The molecule has 0 saturated heterocycles. The van der Waals surface area contributed by atoms with E-state index in [0.717, 1.165) is 5.69 Å². The lowest BCUT2D eigenvalue weighted by Crippen LogP contribution is -2.15. The predicted octanol–water partition coefficient (Wildman–Crippen LogP) is 6.19. The smallest absolute Gasteiger partial charge is 0.257 e. The Hall–Kier alpha value is -2.89. The Kier molecular flexibility index (Phi) is 6.86. The zero-order valence-corrected chi connectivity index (χ0v) is 17.4. The molecule has 0 bridgehead atoms. The third kappa shape index (κ3) is 5.56. The summed E-state index contributed by atoms with van der Waals surface area (Å²) in [6.45, 7) is 6.30. The molecule has 3 rings (SSSR count). The molecule has 29 heavy (non-hydrogen) atoms. The first kappa shape index (κ1) is 20.8. The van der Waals surface area contributed by atoms with Crippen LogP contribution in [0.15, 0.2) is 60.7 Å². The van der Waals surface area contributed by atoms with Gasteiger partial charge in [0.15, 0.2) is 0 Å². The molecule has 0 saturated carbocycles. The van der Waals surface area contributed by atoms with Crippen LogP contribution in [0.4, 0.5) is 5.69 Å². The van der Waals surface area contributed by atoms with Gasteiger partial charge in [-0.05, 0) is 63.2 Å². The SMILES string of the molecule is CCOC(C)c1ccc(C(=O)Nc2cccc(Oc3cccc(Cl)c3)c2)c(C)n1. The molecule has 0 aliphatic heterocycles. The Morgan fingerprint density at radius 2 is 1.83 bits per heavy atom. The van der Waals surface area contributed by atoms with Gasteiger partial charge in [0.1, 0.15) is 11.5 Å². The minimum absolute atomic E-state index is 0.115. The fraction of sp³-hybridized carbons (Fsp3) is 0.217. The average Bonchev–Trinajstić information content (AvgIpc) is 2.68. The van der Waals surface area contributed by atoms with E-state index < -0.39 is 0 Å². The van der Waals surface area contributed by atoms with Crippen molar-refractivity contribution in [3.63, 3.8) is 0 Å². The number of carbonyl (C=O) groups excluding carboxylic acids is 1. The van der Waals surface area contributed by atoms with Gasteiger partial charge < -0.3 is 14.8 Å². The molecule has 0 spiro atoms. The molecule has 6 heteroatoms. The van der Waals surface area contributed by atoms with Crippen LogP contribution >= 0.6 is 11.6 Å². The molecule has 3 aromatic rings. The van der Waals surface area contributed by atoms with Crippen LogP contribution in [0.2, 0.25) is 5.02 Å². The summed E-state index contributed by atoms with van der Waals surface area (Å²) in [5.41, 5.74) is 2.59. The number of hydrogen-bond donors (Lipinski definition) is 1. The van der Waals surface area contributed by atoms with Crippen molar-refractivity contribution in [2.24, 2.45) is 0 Å². The van der Waals surface area contributed by atoms with Gasteiger partial charge >= 0.3 is 0 Å². The normalized spacial score (nSPS) is 11.7. The summed E-state index contributed by atoms with van der Waals surface area (Å²) in [5, 5.41) is 3.49. The Bertz CT molecular complexity index is 1010. The number of carbonyl (C=O) groups is 1. The molecule has 150 valence electrons. The third-order valence-electron chi connectivity index (χ3n) is 4.31. The standard InChI is InChI=1S/C23H23ClN2O3/c1-4-28-16(3)22-12-11-21(15(2)25-22)23(27)26-18-8-6-10-20(14-18)29-19-9-5-7-17(24)13-19/h5-14,16H,4H2,1-3H3,(H,26,27). The highest BCUT2D eigenvalue weighted by Gasteiger charge is 2.14. The number of nitrogens with one attached hydrogen (secondary N) is 1. The van der Waals surface area contributed by atoms with E-state index >= 15 is 0 Å². The maximum atomic E-state index is 12.7. The van der Waals surface area contributed by atoms with Crippen molar-refractivity contribution >= 4 is 23.2 Å². The highest BCUT2D eigenvalue weighted by Crippen LogP contribution is 2.26. The number of halogens is 1. The quantitative estimate of drug-likeness (QED) is 0.504. The molecule has 1 atom stereocenters. The molecule has 1 N–H and O–H groups in total. The van der Waals surface area contributed by atoms with Gasteiger partial charge in [0, 0.05) is 23.4 Å². The van der Waals surface area contributed by atoms with Gasteiger partial charge in [-0.2, -0.15) is 0 Å². The number of hydrogen-bond acceptors (Lipinski definition) is 4. The Balaban J connectivity index is 1.72. The highest BCUT2D eigenvalue weighted by atomic mass is 35.5. The molecule has 0 aliphatic carbocycles. The van der Waals surface area contributed by atoms with Crippen molar-refractivity contribution in [3.05, 3.63) is 82.6 Å². The number of benzene rings is 2. The van der Waals surface area contributed by atoms with E-state index in [4.69, 9.17) is 21.1 Å². The second-order valence-electron chi connectivity index (χ2n) is 6.51. The van der Waals surface area contributed by atoms with Gasteiger partial charge in [0.25, 0.3) is 5.91 Å². The largest absolute Gasteiger partial charge is 0.457 e. The lowest BCUT2D eigenvalue weighted by molar-refractivity contribution is 0.0732. The summed E-state index contributed by atoms with van der Waals surface area (Å²) in [6, 6.07) is 17.9. The third-order valence-corrected chi connectivity index (χ3v) is 4.54. The topological polar surface area (TPSA) is 60.5 Å². The van der Waals surface area contributed by atoms with Crippen molar-refractivity contribution in [2.75, 3.05) is 11.9 Å². The summed E-state index contributed by atoms with van der Waals surface area (Å²) in [6.07, 6.45) is -0.115. The number of amides is 1. The van der Waals surface area contributed by atoms with Crippen molar-refractivity contribution in [1.82, 2.24) is 4.98 Å². The first-order chi connectivity index (χ1) is 14.0.